The molecule has 4 aliphatic carbocycles. The maximum atomic E-state index is 13.3. The zero-order valence-corrected chi connectivity index (χ0v) is 38.7. The lowest BCUT2D eigenvalue weighted by Crippen LogP contribution is -2.61. The van der Waals surface area contributed by atoms with E-state index >= 15 is 0 Å². The molecule has 4 N–H and O–H groups in total. The number of hydrogen-bond donors (Lipinski definition) is 4. The van der Waals surface area contributed by atoms with Gasteiger partial charge in [-0.05, 0) is 130 Å². The van der Waals surface area contributed by atoms with Crippen molar-refractivity contribution in [2.45, 2.75) is 214 Å². The third-order valence-electron chi connectivity index (χ3n) is 16.1. The smallest absolute Gasteiger partial charge is 0.470 e. The molecule has 0 aromatic heterocycles. The Kier molecular flexibility index (Phi) is 20.1. The molecule has 3 fully saturated rings. The fourth-order valence-corrected chi connectivity index (χ4v) is 13.6. The lowest BCUT2D eigenvalue weighted by atomic mass is 9.46. The quantitative estimate of drug-likeness (QED) is 0.0348. The Balaban J connectivity index is 1.32. The van der Waals surface area contributed by atoms with E-state index in [2.05, 4.69) is 59.8 Å². The van der Waals surface area contributed by atoms with E-state index in [1.165, 1.54) is 102 Å². The van der Waals surface area contributed by atoms with Crippen LogP contribution in [0.2, 0.25) is 0 Å². The summed E-state index contributed by atoms with van der Waals surface area (Å²) in [5.41, 5.74) is -0.892. The molecular formula is C49H87O8P. The fraction of sp³-hybridized carbons (Fsp3) is 0.898. The van der Waals surface area contributed by atoms with Crippen LogP contribution in [0, 0.1) is 52.3 Å². The highest BCUT2D eigenvalue weighted by Crippen LogP contribution is 2.68. The Morgan fingerprint density at radius 1 is 0.862 bits per heavy atom. The van der Waals surface area contributed by atoms with Crippen molar-refractivity contribution < 1.29 is 38.6 Å². The minimum Gasteiger partial charge on any atom is -0.479 e. The Morgan fingerprint density at radius 2 is 1.50 bits per heavy atom. The maximum Gasteiger partial charge on any atom is 0.470 e. The molecule has 0 aromatic carbocycles. The molecule has 0 aliphatic heterocycles. The van der Waals surface area contributed by atoms with Crippen LogP contribution in [0.15, 0.2) is 23.8 Å². The summed E-state index contributed by atoms with van der Waals surface area (Å²) in [6.07, 6.45) is 33.5. The van der Waals surface area contributed by atoms with Crippen LogP contribution >= 0.6 is 7.82 Å². The van der Waals surface area contributed by atoms with Crippen LogP contribution in [0.25, 0.3) is 0 Å². The Labute approximate surface area is 354 Å². The standard InChI is InChI=1S/C49H87O8P/c1-7-8-9-10-11-12-13-14-15-16-17-18-19-20-21-22-34-56-45(36-50)49(46(51)52,57-58(53,54)55)40-30-32-47(5)39(35-40)26-27-41-43-29-28-42(38(4)25-23-24-37(2)3)48(43,6)33-31-44(41)47/h14-15,26,37-38,40-45,50H,7-13,16-25,27-36H2,1-6H3,(H,51,52)(H2,53,54,55)/b15-14-/t38-,40?,41?,42-,43?,44?,45?,47+,48-,49?/m1/s1. The van der Waals surface area contributed by atoms with Gasteiger partial charge >= 0.3 is 13.8 Å². The Morgan fingerprint density at radius 3 is 2.10 bits per heavy atom. The number of fused-ring (bicyclic) bond motifs is 5. The molecule has 4 rings (SSSR count). The van der Waals surface area contributed by atoms with Gasteiger partial charge in [0, 0.05) is 12.5 Å². The summed E-state index contributed by atoms with van der Waals surface area (Å²) < 4.78 is 24.0. The van der Waals surface area contributed by atoms with Gasteiger partial charge in [0.2, 0.25) is 5.60 Å². The number of unbranched alkanes of at least 4 members (excludes halogenated alkanes) is 12. The molecule has 0 saturated heterocycles. The van der Waals surface area contributed by atoms with Gasteiger partial charge < -0.3 is 24.7 Å². The lowest BCUT2D eigenvalue weighted by Gasteiger charge is -2.59. The van der Waals surface area contributed by atoms with Crippen LogP contribution in [0.1, 0.15) is 202 Å². The highest BCUT2D eigenvalue weighted by molar-refractivity contribution is 7.46. The first-order valence-corrected chi connectivity index (χ1v) is 25.7. The van der Waals surface area contributed by atoms with E-state index in [9.17, 15) is 29.4 Å². The Hall–Kier alpha value is -1.02. The van der Waals surface area contributed by atoms with Crippen molar-refractivity contribution in [2.75, 3.05) is 13.2 Å². The van der Waals surface area contributed by atoms with Crippen molar-refractivity contribution >= 4 is 13.8 Å². The Bertz CT molecular complexity index is 1340. The number of carbonyl (C=O) groups is 1. The molecule has 6 unspecified atom stereocenters. The zero-order chi connectivity index (χ0) is 42.4. The SMILES string of the molecule is CCCCCCCC/C=C\CCCCCCCCOC(CO)C(OP(=O)(O)O)(C(=O)O)C1CC[C@@]2(C)C(=CCC3C2CC[C@@]2(C)C3CC[C@@H]2[C@H](C)CCCC(C)C)C1. The van der Waals surface area contributed by atoms with E-state index < -0.39 is 38.0 Å². The number of carboxylic acid groups (broad SMARTS) is 1. The summed E-state index contributed by atoms with van der Waals surface area (Å²) in [4.78, 5) is 33.6. The first-order chi connectivity index (χ1) is 27.6. The third kappa shape index (κ3) is 12.8. The molecule has 0 amide bonds. The van der Waals surface area contributed by atoms with Crippen LogP contribution in [-0.4, -0.2) is 50.9 Å². The second-order valence-electron chi connectivity index (χ2n) is 20.4. The molecule has 3 saturated carbocycles. The van der Waals surface area contributed by atoms with Gasteiger partial charge in [-0.15, -0.1) is 0 Å². The topological polar surface area (TPSA) is 134 Å². The molecule has 0 spiro atoms. The minimum atomic E-state index is -5.27. The zero-order valence-electron chi connectivity index (χ0n) is 37.8. The molecule has 10 atom stereocenters. The summed E-state index contributed by atoms with van der Waals surface area (Å²) in [6.45, 7) is 13.9. The molecule has 0 heterocycles. The molecular weight excluding hydrogens is 748 g/mol. The van der Waals surface area contributed by atoms with Crippen LogP contribution in [0.4, 0.5) is 0 Å². The maximum absolute atomic E-state index is 13.3. The van der Waals surface area contributed by atoms with Gasteiger partial charge in [0.05, 0.1) is 6.61 Å². The van der Waals surface area contributed by atoms with Gasteiger partial charge in [-0.2, -0.15) is 0 Å². The molecule has 9 heteroatoms. The predicted molar refractivity (Wildman–Crippen MR) is 236 cm³/mol. The van der Waals surface area contributed by atoms with Gasteiger partial charge in [0.15, 0.2) is 0 Å². The molecule has 8 nitrogen and oxygen atoms in total. The number of aliphatic hydroxyl groups is 1. The number of phosphoric ester groups is 1. The van der Waals surface area contributed by atoms with Crippen molar-refractivity contribution in [3.63, 3.8) is 0 Å². The second-order valence-corrected chi connectivity index (χ2v) is 21.6. The summed E-state index contributed by atoms with van der Waals surface area (Å²) in [5.74, 6) is 1.86. The van der Waals surface area contributed by atoms with Crippen LogP contribution in [-0.2, 0) is 18.6 Å². The molecule has 0 bridgehead atoms. The van der Waals surface area contributed by atoms with Gasteiger partial charge in [0.1, 0.15) is 6.10 Å². The van der Waals surface area contributed by atoms with Crippen LogP contribution in [0.3, 0.4) is 0 Å². The third-order valence-corrected chi connectivity index (χ3v) is 16.7. The van der Waals surface area contributed by atoms with Crippen molar-refractivity contribution in [3.05, 3.63) is 23.8 Å². The molecule has 4 aliphatic rings. The van der Waals surface area contributed by atoms with E-state index in [1.807, 2.05) is 0 Å². The number of phosphoric acid groups is 1. The number of carboxylic acids is 1. The van der Waals surface area contributed by atoms with Gasteiger partial charge in [0.25, 0.3) is 0 Å². The van der Waals surface area contributed by atoms with E-state index in [4.69, 9.17) is 9.26 Å². The number of aliphatic carboxylic acids is 1. The number of allylic oxidation sites excluding steroid dienone is 4. The summed E-state index contributed by atoms with van der Waals surface area (Å²) in [6, 6.07) is 0. The van der Waals surface area contributed by atoms with Crippen molar-refractivity contribution in [3.8, 4) is 0 Å². The first-order valence-electron chi connectivity index (χ1n) is 24.2. The summed E-state index contributed by atoms with van der Waals surface area (Å²) in [7, 11) is -5.27. The fourth-order valence-electron chi connectivity index (χ4n) is 12.9. The number of hydrogen-bond acceptors (Lipinski definition) is 5. The lowest BCUT2D eigenvalue weighted by molar-refractivity contribution is -0.194. The van der Waals surface area contributed by atoms with Crippen LogP contribution in [0.5, 0.6) is 0 Å². The average molecular weight is 835 g/mol. The van der Waals surface area contributed by atoms with E-state index in [0.29, 0.717) is 42.4 Å². The van der Waals surface area contributed by atoms with Gasteiger partial charge in [-0.1, -0.05) is 142 Å². The highest BCUT2D eigenvalue weighted by atomic mass is 31.2. The predicted octanol–water partition coefficient (Wildman–Crippen LogP) is 13.0. The van der Waals surface area contributed by atoms with Crippen molar-refractivity contribution in [2.24, 2.45) is 52.3 Å². The molecule has 336 valence electrons. The van der Waals surface area contributed by atoms with E-state index in [-0.39, 0.29) is 12.0 Å². The summed E-state index contributed by atoms with van der Waals surface area (Å²) >= 11 is 0. The van der Waals surface area contributed by atoms with Crippen molar-refractivity contribution in [1.29, 1.82) is 0 Å². The molecule has 58 heavy (non-hydrogen) atoms. The summed E-state index contributed by atoms with van der Waals surface area (Å²) in [5, 5.41) is 21.4. The number of aliphatic hydroxyl groups excluding tert-OH is 1. The molecule has 0 aromatic rings. The van der Waals surface area contributed by atoms with Gasteiger partial charge in [-0.25, -0.2) is 9.36 Å². The average Bonchev–Trinajstić information content (AvgIpc) is 3.53. The normalized spacial score (nSPS) is 30.7. The monoisotopic (exact) mass is 835 g/mol. The van der Waals surface area contributed by atoms with Gasteiger partial charge in [-0.3, -0.25) is 4.52 Å². The first kappa shape index (κ1) is 49.6. The number of ether oxygens (including phenoxy) is 1. The van der Waals surface area contributed by atoms with E-state index in [0.717, 1.165) is 62.7 Å². The van der Waals surface area contributed by atoms with Crippen molar-refractivity contribution in [1.82, 2.24) is 0 Å². The van der Waals surface area contributed by atoms with Crippen LogP contribution < -0.4 is 0 Å². The second kappa shape index (κ2) is 23.4. The minimum absolute atomic E-state index is 0.0898. The number of rotatable bonds is 28. The largest absolute Gasteiger partial charge is 0.479 e. The highest BCUT2D eigenvalue weighted by Gasteiger charge is 2.63. The molecule has 0 radical (unpaired) electrons. The van der Waals surface area contributed by atoms with E-state index in [1.54, 1.807) is 0 Å².